The molecule has 0 N–H and O–H groups in total. The molecule has 4 rings (SSSR count). The third kappa shape index (κ3) is 3.59. The summed E-state index contributed by atoms with van der Waals surface area (Å²) in [6, 6.07) is 28.1. The summed E-state index contributed by atoms with van der Waals surface area (Å²) in [6.45, 7) is 0. The summed E-state index contributed by atoms with van der Waals surface area (Å²) < 4.78 is 1.13. The van der Waals surface area contributed by atoms with Crippen molar-refractivity contribution < 1.29 is 0 Å². The molecule has 1 unspecified atom stereocenters. The minimum atomic E-state index is 0.405. The highest BCUT2D eigenvalue weighted by Crippen LogP contribution is 2.39. The Morgan fingerprint density at radius 2 is 1.48 bits per heavy atom. The Balaban J connectivity index is 1.57. The molecule has 0 bridgehead atoms. The van der Waals surface area contributed by atoms with Crippen LogP contribution in [0.1, 0.15) is 41.4 Å². The van der Waals surface area contributed by atoms with Gasteiger partial charge in [0, 0.05) is 22.5 Å². The lowest BCUT2D eigenvalue weighted by Gasteiger charge is -2.20. The van der Waals surface area contributed by atoms with Gasteiger partial charge < -0.3 is 0 Å². The molecule has 3 aromatic carbocycles. The van der Waals surface area contributed by atoms with E-state index in [0.29, 0.717) is 11.8 Å². The van der Waals surface area contributed by atoms with Crippen LogP contribution in [-0.4, -0.2) is 6.21 Å². The van der Waals surface area contributed by atoms with Crippen LogP contribution in [0.15, 0.2) is 88.3 Å². The highest BCUT2D eigenvalue weighted by Gasteiger charge is 2.22. The smallest absolute Gasteiger partial charge is 0.0665 e. The van der Waals surface area contributed by atoms with E-state index in [0.717, 1.165) is 23.0 Å². The number of fused-ring (bicyclic) bond motifs is 1. The van der Waals surface area contributed by atoms with Crippen molar-refractivity contribution in [3.05, 3.63) is 100 Å². The van der Waals surface area contributed by atoms with Gasteiger partial charge in [-0.05, 0) is 47.7 Å². The first-order valence-electron chi connectivity index (χ1n) is 8.75. The van der Waals surface area contributed by atoms with E-state index in [2.05, 4.69) is 106 Å². The molecule has 1 atom stereocenters. The Labute approximate surface area is 157 Å². The van der Waals surface area contributed by atoms with Crippen molar-refractivity contribution in [3.63, 3.8) is 0 Å². The number of hydrogen-bond donors (Lipinski definition) is 0. The largest absolute Gasteiger partial charge is 0.260 e. The highest BCUT2D eigenvalue weighted by molar-refractivity contribution is 9.10. The molecule has 0 spiro atoms. The van der Waals surface area contributed by atoms with Crippen molar-refractivity contribution in [1.29, 1.82) is 0 Å². The Kier molecular flexibility index (Phi) is 4.80. The Morgan fingerprint density at radius 1 is 0.840 bits per heavy atom. The molecular weight excluding hydrogens is 370 g/mol. The van der Waals surface area contributed by atoms with Crippen LogP contribution >= 0.6 is 15.9 Å². The van der Waals surface area contributed by atoms with Crippen LogP contribution in [0.25, 0.3) is 0 Å². The highest BCUT2D eigenvalue weighted by atomic mass is 79.9. The van der Waals surface area contributed by atoms with E-state index in [1.807, 2.05) is 0 Å². The van der Waals surface area contributed by atoms with Crippen LogP contribution in [0.2, 0.25) is 0 Å². The second-order valence-electron chi connectivity index (χ2n) is 6.54. The topological polar surface area (TPSA) is 12.4 Å². The average molecular weight is 390 g/mol. The van der Waals surface area contributed by atoms with E-state index in [-0.39, 0.29) is 0 Å². The van der Waals surface area contributed by atoms with Gasteiger partial charge in [0.1, 0.15) is 0 Å². The van der Waals surface area contributed by atoms with E-state index in [4.69, 9.17) is 0 Å². The van der Waals surface area contributed by atoms with Gasteiger partial charge in [0.05, 0.1) is 5.69 Å². The number of benzene rings is 3. The quantitative estimate of drug-likeness (QED) is 0.451. The van der Waals surface area contributed by atoms with Crippen LogP contribution in [0.4, 0.5) is 5.69 Å². The van der Waals surface area contributed by atoms with E-state index < -0.39 is 0 Å². The lowest BCUT2D eigenvalue weighted by atomic mass is 9.84. The van der Waals surface area contributed by atoms with Crippen molar-refractivity contribution in [1.82, 2.24) is 0 Å². The molecule has 1 heterocycles. The maximum atomic E-state index is 4.60. The number of rotatable bonds is 5. The molecule has 0 amide bonds. The van der Waals surface area contributed by atoms with Crippen LogP contribution in [0.3, 0.4) is 0 Å². The molecule has 25 heavy (non-hydrogen) atoms. The first-order chi connectivity index (χ1) is 12.3. The number of halogens is 1. The molecule has 0 aromatic heterocycles. The van der Waals surface area contributed by atoms with Gasteiger partial charge in [-0.2, -0.15) is 0 Å². The maximum absolute atomic E-state index is 4.60. The average Bonchev–Trinajstić information content (AvgIpc) is 3.06. The normalized spacial score (nSPS) is 15.5. The van der Waals surface area contributed by atoms with E-state index in [9.17, 15) is 0 Å². The molecule has 0 saturated carbocycles. The number of nitrogens with zero attached hydrogens (tertiary/aromatic N) is 1. The Morgan fingerprint density at radius 3 is 2.12 bits per heavy atom. The fourth-order valence-electron chi connectivity index (χ4n) is 3.66. The monoisotopic (exact) mass is 389 g/mol. The third-order valence-electron chi connectivity index (χ3n) is 4.95. The summed E-state index contributed by atoms with van der Waals surface area (Å²) in [6.07, 6.45) is 4.32. The van der Waals surface area contributed by atoms with Crippen molar-refractivity contribution in [3.8, 4) is 0 Å². The number of aliphatic imine (C=N–C) groups is 1. The van der Waals surface area contributed by atoms with Gasteiger partial charge in [-0.25, -0.2) is 0 Å². The van der Waals surface area contributed by atoms with Crippen LogP contribution in [0.5, 0.6) is 0 Å². The van der Waals surface area contributed by atoms with E-state index >= 15 is 0 Å². The van der Waals surface area contributed by atoms with Gasteiger partial charge >= 0.3 is 0 Å². The molecule has 1 aliphatic heterocycles. The summed E-state index contributed by atoms with van der Waals surface area (Å²) >= 11 is 3.59. The second kappa shape index (κ2) is 7.37. The molecule has 0 aliphatic carbocycles. The van der Waals surface area contributed by atoms with Crippen molar-refractivity contribution in [2.45, 2.75) is 24.7 Å². The second-order valence-corrected chi connectivity index (χ2v) is 7.45. The van der Waals surface area contributed by atoms with Crippen LogP contribution in [-0.2, 0) is 0 Å². The zero-order chi connectivity index (χ0) is 17.1. The van der Waals surface area contributed by atoms with Gasteiger partial charge in [-0.1, -0.05) is 76.6 Å². The summed E-state index contributed by atoms with van der Waals surface area (Å²) in [5.41, 5.74) is 5.23. The fraction of sp³-hybridized carbons (Fsp3) is 0.174. The molecule has 0 radical (unpaired) electrons. The third-order valence-corrected chi connectivity index (χ3v) is 5.45. The maximum Gasteiger partial charge on any atom is 0.0665 e. The van der Waals surface area contributed by atoms with Gasteiger partial charge in [0.2, 0.25) is 0 Å². The molecule has 1 aliphatic rings. The standard InChI is InChI=1S/C23H20BrN/c24-20-12-14-23-22(15-20)19(16-25-23)11-13-21(17-7-3-1-4-8-17)18-9-5-2-6-10-18/h1-10,12,14-16,19,21H,11,13H2. The van der Waals surface area contributed by atoms with Gasteiger partial charge in [-0.3, -0.25) is 4.99 Å². The molecule has 124 valence electrons. The minimum Gasteiger partial charge on any atom is -0.260 e. The molecule has 3 aromatic rings. The van der Waals surface area contributed by atoms with Gasteiger partial charge in [0.25, 0.3) is 0 Å². The van der Waals surface area contributed by atoms with Crippen LogP contribution in [0, 0.1) is 0 Å². The van der Waals surface area contributed by atoms with Gasteiger partial charge in [0.15, 0.2) is 0 Å². The fourth-order valence-corrected chi connectivity index (χ4v) is 4.04. The van der Waals surface area contributed by atoms with Gasteiger partial charge in [-0.15, -0.1) is 0 Å². The van der Waals surface area contributed by atoms with Crippen molar-refractivity contribution in [2.24, 2.45) is 4.99 Å². The first-order valence-corrected chi connectivity index (χ1v) is 9.54. The zero-order valence-corrected chi connectivity index (χ0v) is 15.6. The van der Waals surface area contributed by atoms with Crippen molar-refractivity contribution >= 4 is 27.8 Å². The van der Waals surface area contributed by atoms with E-state index in [1.54, 1.807) is 0 Å². The first kappa shape index (κ1) is 16.3. The van der Waals surface area contributed by atoms with Crippen molar-refractivity contribution in [2.75, 3.05) is 0 Å². The molecule has 1 nitrogen and oxygen atoms in total. The lowest BCUT2D eigenvalue weighted by Crippen LogP contribution is -2.05. The lowest BCUT2D eigenvalue weighted by molar-refractivity contribution is 0.645. The Bertz CT molecular complexity index is 832. The predicted molar refractivity (Wildman–Crippen MR) is 109 cm³/mol. The SMILES string of the molecule is Brc1ccc2c(c1)C(CCC(c1ccccc1)c1ccccc1)C=N2. The number of hydrogen-bond acceptors (Lipinski definition) is 1. The summed E-state index contributed by atoms with van der Waals surface area (Å²) in [7, 11) is 0. The molecule has 2 heteroatoms. The summed E-state index contributed by atoms with van der Waals surface area (Å²) in [5, 5.41) is 0. The molecule has 0 saturated heterocycles. The molecular formula is C23H20BrN. The summed E-state index contributed by atoms with van der Waals surface area (Å²) in [5.74, 6) is 0.828. The Hall–Kier alpha value is -2.19. The zero-order valence-electron chi connectivity index (χ0n) is 14.0. The predicted octanol–water partition coefficient (Wildman–Crippen LogP) is 6.86. The summed E-state index contributed by atoms with van der Waals surface area (Å²) in [4.78, 5) is 4.60. The molecule has 0 fully saturated rings. The van der Waals surface area contributed by atoms with Crippen LogP contribution < -0.4 is 0 Å². The van der Waals surface area contributed by atoms with E-state index in [1.165, 1.54) is 16.7 Å². The minimum absolute atomic E-state index is 0.405.